The molecule has 0 saturated carbocycles. The number of benzene rings is 2. The minimum absolute atomic E-state index is 0.160. The van der Waals surface area contributed by atoms with Crippen LogP contribution in [-0.2, 0) is 14.8 Å². The Morgan fingerprint density at radius 3 is 2.21 bits per heavy atom. The molecule has 0 heterocycles. The lowest BCUT2D eigenvalue weighted by Crippen LogP contribution is -2.27. The smallest absolute Gasteiger partial charge is 0.241 e. The topological polar surface area (TPSA) is 75.3 Å². The first-order chi connectivity index (χ1) is 11.2. The van der Waals surface area contributed by atoms with E-state index in [1.165, 1.54) is 19.1 Å². The van der Waals surface area contributed by atoms with Crippen LogP contribution in [0, 0.1) is 13.8 Å². The van der Waals surface area contributed by atoms with E-state index in [-0.39, 0.29) is 16.8 Å². The molecule has 0 spiro atoms. The van der Waals surface area contributed by atoms with Crippen molar-refractivity contribution in [2.45, 2.75) is 38.6 Å². The van der Waals surface area contributed by atoms with Crippen molar-refractivity contribution in [3.05, 3.63) is 59.2 Å². The molecule has 2 aromatic carbocycles. The Hall–Kier alpha value is -2.18. The maximum absolute atomic E-state index is 12.5. The molecule has 24 heavy (non-hydrogen) atoms. The highest BCUT2D eigenvalue weighted by molar-refractivity contribution is 7.89. The molecule has 0 aromatic heterocycles. The molecule has 1 amide bonds. The van der Waals surface area contributed by atoms with E-state index < -0.39 is 10.0 Å². The highest BCUT2D eigenvalue weighted by Crippen LogP contribution is 2.22. The van der Waals surface area contributed by atoms with Gasteiger partial charge in [-0.1, -0.05) is 23.8 Å². The Labute approximate surface area is 143 Å². The van der Waals surface area contributed by atoms with Crippen molar-refractivity contribution < 1.29 is 13.2 Å². The highest BCUT2D eigenvalue weighted by Gasteiger charge is 2.19. The number of carbonyl (C=O) groups is 1. The van der Waals surface area contributed by atoms with Crippen molar-refractivity contribution in [2.75, 3.05) is 5.32 Å². The fourth-order valence-electron chi connectivity index (χ4n) is 2.60. The molecule has 2 aromatic rings. The average molecular weight is 346 g/mol. The average Bonchev–Trinajstić information content (AvgIpc) is 2.46. The summed E-state index contributed by atoms with van der Waals surface area (Å²) in [6.45, 7) is 7.19. The third kappa shape index (κ3) is 4.43. The molecule has 5 nitrogen and oxygen atoms in total. The van der Waals surface area contributed by atoms with Crippen molar-refractivity contribution in [1.29, 1.82) is 0 Å². The summed E-state index contributed by atoms with van der Waals surface area (Å²) >= 11 is 0. The summed E-state index contributed by atoms with van der Waals surface area (Å²) in [7, 11) is -3.64. The molecule has 0 fully saturated rings. The van der Waals surface area contributed by atoms with Crippen LogP contribution in [0.2, 0.25) is 0 Å². The molecule has 0 bridgehead atoms. The second-order valence-electron chi connectivity index (χ2n) is 5.91. The number of hydrogen-bond acceptors (Lipinski definition) is 3. The summed E-state index contributed by atoms with van der Waals surface area (Å²) in [6, 6.07) is 11.7. The minimum Gasteiger partial charge on any atom is -0.326 e. The number of carbonyl (C=O) groups excluding carboxylic acids is 1. The normalized spacial score (nSPS) is 12.7. The van der Waals surface area contributed by atoms with E-state index >= 15 is 0 Å². The predicted molar refractivity (Wildman–Crippen MR) is 95.4 cm³/mol. The lowest BCUT2D eigenvalue weighted by atomic mass is 10.0. The summed E-state index contributed by atoms with van der Waals surface area (Å²) in [6.07, 6.45) is 0. The lowest BCUT2D eigenvalue weighted by molar-refractivity contribution is -0.114. The van der Waals surface area contributed by atoms with E-state index in [2.05, 4.69) is 10.0 Å². The lowest BCUT2D eigenvalue weighted by Gasteiger charge is -2.17. The number of aryl methyl sites for hydroxylation is 2. The summed E-state index contributed by atoms with van der Waals surface area (Å²) in [5.74, 6) is -0.202. The maximum Gasteiger partial charge on any atom is 0.241 e. The third-order valence-corrected chi connectivity index (χ3v) is 5.27. The summed E-state index contributed by atoms with van der Waals surface area (Å²) in [5, 5.41) is 2.61. The van der Waals surface area contributed by atoms with Crippen molar-refractivity contribution in [1.82, 2.24) is 4.72 Å². The van der Waals surface area contributed by atoms with E-state index in [1.54, 1.807) is 12.1 Å². The molecule has 0 saturated heterocycles. The first kappa shape index (κ1) is 18.2. The number of sulfonamides is 1. The first-order valence-electron chi connectivity index (χ1n) is 7.66. The molecule has 6 heteroatoms. The van der Waals surface area contributed by atoms with E-state index in [0.717, 1.165) is 16.7 Å². The van der Waals surface area contributed by atoms with Crippen LogP contribution in [0.25, 0.3) is 0 Å². The van der Waals surface area contributed by atoms with Crippen LogP contribution >= 0.6 is 0 Å². The van der Waals surface area contributed by atoms with Crippen LogP contribution in [0.5, 0.6) is 0 Å². The first-order valence-corrected chi connectivity index (χ1v) is 9.14. The van der Waals surface area contributed by atoms with Gasteiger partial charge in [0.25, 0.3) is 0 Å². The zero-order valence-corrected chi connectivity index (χ0v) is 15.1. The van der Waals surface area contributed by atoms with Gasteiger partial charge in [0.2, 0.25) is 15.9 Å². The molecule has 0 unspecified atom stereocenters. The maximum atomic E-state index is 12.5. The summed E-state index contributed by atoms with van der Waals surface area (Å²) in [4.78, 5) is 11.2. The minimum atomic E-state index is -3.64. The molecular formula is C18H22N2O3S. The second-order valence-corrected chi connectivity index (χ2v) is 7.62. The van der Waals surface area contributed by atoms with Crippen LogP contribution in [-0.4, -0.2) is 14.3 Å². The van der Waals surface area contributed by atoms with Crippen molar-refractivity contribution >= 4 is 21.6 Å². The van der Waals surface area contributed by atoms with Crippen LogP contribution in [0.3, 0.4) is 0 Å². The quantitative estimate of drug-likeness (QED) is 0.872. The Bertz CT molecular complexity index is 843. The van der Waals surface area contributed by atoms with Crippen LogP contribution in [0.4, 0.5) is 5.69 Å². The van der Waals surface area contributed by atoms with Crippen molar-refractivity contribution in [3.63, 3.8) is 0 Å². The van der Waals surface area contributed by atoms with E-state index in [1.807, 2.05) is 39.0 Å². The fraction of sp³-hybridized carbons (Fsp3) is 0.278. The Morgan fingerprint density at radius 1 is 1.04 bits per heavy atom. The number of hydrogen-bond donors (Lipinski definition) is 2. The van der Waals surface area contributed by atoms with Crippen LogP contribution in [0.15, 0.2) is 47.4 Å². The zero-order chi connectivity index (χ0) is 17.9. The molecule has 0 aliphatic carbocycles. The Kier molecular flexibility index (Phi) is 5.41. The molecule has 2 rings (SSSR count). The molecule has 0 radical (unpaired) electrons. The zero-order valence-electron chi connectivity index (χ0n) is 14.3. The molecule has 2 N–H and O–H groups in total. The molecule has 0 aliphatic heterocycles. The van der Waals surface area contributed by atoms with E-state index in [4.69, 9.17) is 0 Å². The van der Waals surface area contributed by atoms with Gasteiger partial charge >= 0.3 is 0 Å². The van der Waals surface area contributed by atoms with E-state index in [9.17, 15) is 13.2 Å². The second kappa shape index (κ2) is 7.15. The number of rotatable bonds is 5. The van der Waals surface area contributed by atoms with E-state index in [0.29, 0.717) is 5.69 Å². The Balaban J connectivity index is 2.19. The molecule has 0 aliphatic rings. The number of nitrogens with one attached hydrogen (secondary N) is 2. The molecule has 128 valence electrons. The van der Waals surface area contributed by atoms with Gasteiger partial charge in [0.1, 0.15) is 0 Å². The standard InChI is InChI=1S/C18H22N2O3S/c1-12-5-10-18(13(2)11-12)14(3)20-24(22,23)17-8-6-16(7-9-17)19-15(4)21/h5-11,14,20H,1-4H3,(H,19,21)/t14-/m1/s1. The summed E-state index contributed by atoms with van der Waals surface area (Å²) < 4.78 is 27.8. The van der Waals surface area contributed by atoms with Crippen molar-refractivity contribution in [2.24, 2.45) is 0 Å². The Morgan fingerprint density at radius 2 is 1.67 bits per heavy atom. The molecular weight excluding hydrogens is 324 g/mol. The van der Waals surface area contributed by atoms with Gasteiger partial charge in [0.05, 0.1) is 4.90 Å². The highest BCUT2D eigenvalue weighted by atomic mass is 32.2. The van der Waals surface area contributed by atoms with Gasteiger partial charge in [0.15, 0.2) is 0 Å². The van der Waals surface area contributed by atoms with Crippen LogP contribution < -0.4 is 10.0 Å². The van der Waals surface area contributed by atoms with Crippen molar-refractivity contribution in [3.8, 4) is 0 Å². The predicted octanol–water partition coefficient (Wildman–Crippen LogP) is 3.30. The number of anilines is 1. The van der Waals surface area contributed by atoms with Gasteiger partial charge in [-0.2, -0.15) is 0 Å². The fourth-order valence-corrected chi connectivity index (χ4v) is 3.82. The SMILES string of the molecule is CC(=O)Nc1ccc(S(=O)(=O)N[C@H](C)c2ccc(C)cc2C)cc1. The van der Waals surface area contributed by atoms with Crippen LogP contribution in [0.1, 0.15) is 36.6 Å². The summed E-state index contributed by atoms with van der Waals surface area (Å²) in [5.41, 5.74) is 3.69. The van der Waals surface area contributed by atoms with Gasteiger partial charge in [-0.25, -0.2) is 13.1 Å². The van der Waals surface area contributed by atoms with Gasteiger partial charge in [0, 0.05) is 18.7 Å². The van der Waals surface area contributed by atoms with Gasteiger partial charge in [-0.15, -0.1) is 0 Å². The monoisotopic (exact) mass is 346 g/mol. The van der Waals surface area contributed by atoms with Gasteiger partial charge in [-0.3, -0.25) is 4.79 Å². The van der Waals surface area contributed by atoms with Gasteiger partial charge in [-0.05, 0) is 56.2 Å². The number of amides is 1. The van der Waals surface area contributed by atoms with Gasteiger partial charge < -0.3 is 5.32 Å². The molecule has 1 atom stereocenters. The largest absolute Gasteiger partial charge is 0.326 e. The third-order valence-electron chi connectivity index (χ3n) is 3.71.